The van der Waals surface area contributed by atoms with E-state index in [4.69, 9.17) is 0 Å². The number of nitrogens with zero attached hydrogens (tertiary/aromatic N) is 2. The second-order valence-corrected chi connectivity index (χ2v) is 5.36. The van der Waals surface area contributed by atoms with Gasteiger partial charge < -0.3 is 9.80 Å². The summed E-state index contributed by atoms with van der Waals surface area (Å²) in [5, 5.41) is 0. The van der Waals surface area contributed by atoms with Crippen LogP contribution in [0.4, 0.5) is 0 Å². The Morgan fingerprint density at radius 3 is 2.56 bits per heavy atom. The van der Waals surface area contributed by atoms with Crippen molar-refractivity contribution < 1.29 is 4.79 Å². The average molecular weight is 224 g/mol. The number of carbonyl (C=O) groups is 1. The Labute approximate surface area is 98.8 Å². The molecule has 0 unspecified atom stereocenters. The van der Waals surface area contributed by atoms with E-state index < -0.39 is 0 Å². The molecule has 0 N–H and O–H groups in total. The fourth-order valence-electron chi connectivity index (χ4n) is 2.71. The summed E-state index contributed by atoms with van der Waals surface area (Å²) >= 11 is 0. The highest BCUT2D eigenvalue weighted by molar-refractivity contribution is 5.77. The van der Waals surface area contributed by atoms with Crippen LogP contribution in [0.3, 0.4) is 0 Å². The highest BCUT2D eigenvalue weighted by Gasteiger charge is 2.20. The minimum atomic E-state index is 0.368. The van der Waals surface area contributed by atoms with E-state index in [0.717, 1.165) is 38.3 Å². The van der Waals surface area contributed by atoms with E-state index in [-0.39, 0.29) is 0 Å². The summed E-state index contributed by atoms with van der Waals surface area (Å²) in [6.45, 7) is 8.02. The van der Waals surface area contributed by atoms with Crippen molar-refractivity contribution in [3.63, 3.8) is 0 Å². The van der Waals surface area contributed by atoms with Crippen LogP contribution >= 0.6 is 0 Å². The van der Waals surface area contributed by atoms with Crippen LogP contribution in [0, 0.1) is 5.92 Å². The van der Waals surface area contributed by atoms with Crippen LogP contribution in [0.15, 0.2) is 0 Å². The molecule has 0 aromatic rings. The normalized spacial score (nSPS) is 24.3. The number of amides is 1. The highest BCUT2D eigenvalue weighted by Crippen LogP contribution is 2.16. The third-order valence-corrected chi connectivity index (χ3v) is 3.95. The third kappa shape index (κ3) is 3.21. The molecule has 2 saturated heterocycles. The molecule has 3 nitrogen and oxygen atoms in total. The molecule has 0 saturated carbocycles. The standard InChI is InChI=1S/C13H24N2O/c1-12-5-10-14(11-6-12)7-3-9-15-8-2-4-13(15)16/h12H,2-11H2,1H3. The SMILES string of the molecule is CC1CCN(CCCN2CCCC2=O)CC1. The summed E-state index contributed by atoms with van der Waals surface area (Å²) in [7, 11) is 0. The number of hydrogen-bond acceptors (Lipinski definition) is 2. The largest absolute Gasteiger partial charge is 0.343 e. The van der Waals surface area contributed by atoms with Crippen molar-refractivity contribution in [1.29, 1.82) is 0 Å². The Kier molecular flexibility index (Phi) is 4.22. The van der Waals surface area contributed by atoms with E-state index in [2.05, 4.69) is 11.8 Å². The van der Waals surface area contributed by atoms with Gasteiger partial charge in [-0.1, -0.05) is 6.92 Å². The van der Waals surface area contributed by atoms with Crippen LogP contribution in [-0.4, -0.2) is 48.4 Å². The van der Waals surface area contributed by atoms with Crippen LogP contribution in [0.1, 0.15) is 39.0 Å². The van der Waals surface area contributed by atoms with Crippen molar-refractivity contribution in [3.05, 3.63) is 0 Å². The molecular formula is C13H24N2O. The molecule has 0 spiro atoms. The minimum absolute atomic E-state index is 0.368. The molecule has 2 aliphatic rings. The van der Waals surface area contributed by atoms with Crippen molar-refractivity contribution in [2.24, 2.45) is 5.92 Å². The molecule has 0 radical (unpaired) electrons. The van der Waals surface area contributed by atoms with E-state index in [1.165, 1.54) is 32.5 Å². The predicted molar refractivity (Wildman–Crippen MR) is 65.3 cm³/mol. The lowest BCUT2D eigenvalue weighted by Gasteiger charge is -2.30. The van der Waals surface area contributed by atoms with E-state index in [9.17, 15) is 4.79 Å². The Morgan fingerprint density at radius 1 is 1.19 bits per heavy atom. The second-order valence-electron chi connectivity index (χ2n) is 5.36. The van der Waals surface area contributed by atoms with Gasteiger partial charge in [-0.2, -0.15) is 0 Å². The lowest BCUT2D eigenvalue weighted by Crippen LogP contribution is -2.35. The topological polar surface area (TPSA) is 23.6 Å². The first-order chi connectivity index (χ1) is 7.75. The van der Waals surface area contributed by atoms with Gasteiger partial charge in [0, 0.05) is 19.5 Å². The fourth-order valence-corrected chi connectivity index (χ4v) is 2.71. The zero-order valence-electron chi connectivity index (χ0n) is 10.5. The lowest BCUT2D eigenvalue weighted by atomic mass is 9.99. The maximum absolute atomic E-state index is 11.4. The molecule has 16 heavy (non-hydrogen) atoms. The molecule has 3 heteroatoms. The molecular weight excluding hydrogens is 200 g/mol. The average Bonchev–Trinajstić information content (AvgIpc) is 2.68. The van der Waals surface area contributed by atoms with Gasteiger partial charge >= 0.3 is 0 Å². The fraction of sp³-hybridized carbons (Fsp3) is 0.923. The van der Waals surface area contributed by atoms with Crippen LogP contribution < -0.4 is 0 Å². The van der Waals surface area contributed by atoms with Crippen molar-refractivity contribution in [1.82, 2.24) is 9.80 Å². The zero-order valence-corrected chi connectivity index (χ0v) is 10.5. The number of likely N-dealkylation sites (tertiary alicyclic amines) is 2. The summed E-state index contributed by atoms with van der Waals surface area (Å²) in [5.41, 5.74) is 0. The van der Waals surface area contributed by atoms with Gasteiger partial charge in [0.2, 0.25) is 5.91 Å². The van der Waals surface area contributed by atoms with Crippen molar-refractivity contribution in [3.8, 4) is 0 Å². The van der Waals surface area contributed by atoms with Crippen LogP contribution in [0.5, 0.6) is 0 Å². The Bertz CT molecular complexity index is 234. The molecule has 0 aliphatic carbocycles. The van der Waals surface area contributed by atoms with Crippen LogP contribution in [0.2, 0.25) is 0 Å². The first-order valence-electron chi connectivity index (χ1n) is 6.76. The monoisotopic (exact) mass is 224 g/mol. The highest BCUT2D eigenvalue weighted by atomic mass is 16.2. The third-order valence-electron chi connectivity index (χ3n) is 3.95. The van der Waals surface area contributed by atoms with E-state index in [1.54, 1.807) is 0 Å². The number of rotatable bonds is 4. The lowest BCUT2D eigenvalue weighted by molar-refractivity contribution is -0.127. The summed E-state index contributed by atoms with van der Waals surface area (Å²) < 4.78 is 0. The molecule has 2 rings (SSSR count). The van der Waals surface area contributed by atoms with Gasteiger partial charge in [-0.25, -0.2) is 0 Å². The molecule has 2 heterocycles. The van der Waals surface area contributed by atoms with Gasteiger partial charge in [-0.05, 0) is 51.2 Å². The van der Waals surface area contributed by atoms with Crippen molar-refractivity contribution in [2.45, 2.75) is 39.0 Å². The van der Waals surface area contributed by atoms with Gasteiger partial charge in [0.05, 0.1) is 0 Å². The molecule has 0 atom stereocenters. The van der Waals surface area contributed by atoms with Gasteiger partial charge in [-0.3, -0.25) is 4.79 Å². The van der Waals surface area contributed by atoms with E-state index in [0.29, 0.717) is 5.91 Å². The minimum Gasteiger partial charge on any atom is -0.343 e. The Balaban J connectivity index is 1.59. The number of hydrogen-bond donors (Lipinski definition) is 0. The second kappa shape index (κ2) is 5.67. The predicted octanol–water partition coefficient (Wildman–Crippen LogP) is 1.73. The Morgan fingerprint density at radius 2 is 1.94 bits per heavy atom. The van der Waals surface area contributed by atoms with Crippen molar-refractivity contribution >= 4 is 5.91 Å². The Hall–Kier alpha value is -0.570. The molecule has 0 aromatic carbocycles. The molecule has 92 valence electrons. The zero-order chi connectivity index (χ0) is 11.4. The van der Waals surface area contributed by atoms with Crippen LogP contribution in [-0.2, 0) is 4.79 Å². The van der Waals surface area contributed by atoms with Gasteiger partial charge in [-0.15, -0.1) is 0 Å². The summed E-state index contributed by atoms with van der Waals surface area (Å²) in [6.07, 6.45) is 5.70. The van der Waals surface area contributed by atoms with E-state index >= 15 is 0 Å². The maximum atomic E-state index is 11.4. The van der Waals surface area contributed by atoms with Crippen LogP contribution in [0.25, 0.3) is 0 Å². The van der Waals surface area contributed by atoms with E-state index in [1.807, 2.05) is 4.90 Å². The number of piperidine rings is 1. The molecule has 2 fully saturated rings. The van der Waals surface area contributed by atoms with Gasteiger partial charge in [0.25, 0.3) is 0 Å². The maximum Gasteiger partial charge on any atom is 0.222 e. The smallest absolute Gasteiger partial charge is 0.222 e. The van der Waals surface area contributed by atoms with Gasteiger partial charge in [0.15, 0.2) is 0 Å². The first-order valence-corrected chi connectivity index (χ1v) is 6.76. The van der Waals surface area contributed by atoms with Crippen molar-refractivity contribution in [2.75, 3.05) is 32.7 Å². The quantitative estimate of drug-likeness (QED) is 0.726. The number of carbonyl (C=O) groups excluding carboxylic acids is 1. The molecule has 2 aliphatic heterocycles. The molecule has 1 amide bonds. The summed E-state index contributed by atoms with van der Waals surface area (Å²) in [5.74, 6) is 1.28. The first kappa shape index (κ1) is 11.9. The van der Waals surface area contributed by atoms with Gasteiger partial charge in [0.1, 0.15) is 0 Å². The summed E-state index contributed by atoms with van der Waals surface area (Å²) in [6, 6.07) is 0. The molecule has 0 bridgehead atoms. The molecule has 0 aromatic heterocycles. The summed E-state index contributed by atoms with van der Waals surface area (Å²) in [4.78, 5) is 16.0.